The normalized spacial score (nSPS) is 17.9. The molecule has 0 spiro atoms. The van der Waals surface area contributed by atoms with Crippen molar-refractivity contribution in [1.82, 2.24) is 5.32 Å². The third kappa shape index (κ3) is 3.98. The van der Waals surface area contributed by atoms with E-state index >= 15 is 0 Å². The fraction of sp³-hybridized carbons (Fsp3) is 0.500. The molecule has 6 heteroatoms. The van der Waals surface area contributed by atoms with Crippen molar-refractivity contribution in [2.24, 2.45) is 0 Å². The van der Waals surface area contributed by atoms with Crippen LogP contribution in [0.3, 0.4) is 0 Å². The molecule has 1 heterocycles. The molecular formula is C14H19ClN2O2S. The first-order chi connectivity index (χ1) is 9.60. The molecule has 1 atom stereocenters. The zero-order valence-electron chi connectivity index (χ0n) is 11.7. The van der Waals surface area contributed by atoms with Gasteiger partial charge in [-0.15, -0.1) is 0 Å². The van der Waals surface area contributed by atoms with Crippen LogP contribution < -0.4 is 15.4 Å². The number of nitrogens with one attached hydrogen (secondary N) is 2. The van der Waals surface area contributed by atoms with Crippen molar-refractivity contribution in [1.29, 1.82) is 0 Å². The number of rotatable bonds is 4. The van der Waals surface area contributed by atoms with E-state index in [1.807, 2.05) is 13.0 Å². The van der Waals surface area contributed by atoms with Crippen LogP contribution in [0.4, 0.5) is 5.69 Å². The van der Waals surface area contributed by atoms with Gasteiger partial charge in [0.1, 0.15) is 5.75 Å². The van der Waals surface area contributed by atoms with Crippen molar-refractivity contribution in [3.63, 3.8) is 0 Å². The zero-order chi connectivity index (χ0) is 14.5. The minimum absolute atomic E-state index is 0.253. The molecule has 2 rings (SSSR count). The molecule has 1 aromatic carbocycles. The fourth-order valence-electron chi connectivity index (χ4n) is 2.11. The molecule has 1 aromatic rings. The summed E-state index contributed by atoms with van der Waals surface area (Å²) in [7, 11) is 1.61. The standard InChI is InChI=1S/C14H19ClN2O2S/c1-9-6-12(13(18-2)7-11(9)15)17-14(20)16-8-10-4-3-5-19-10/h6-7,10H,3-5,8H2,1-2H3,(H2,16,17,20)/t10-/m1/s1. The molecule has 0 radical (unpaired) electrons. The summed E-state index contributed by atoms with van der Waals surface area (Å²) in [5, 5.41) is 7.53. The van der Waals surface area contributed by atoms with Crippen LogP contribution in [-0.2, 0) is 4.74 Å². The van der Waals surface area contributed by atoms with Crippen LogP contribution in [0.5, 0.6) is 5.75 Å². The predicted molar refractivity (Wildman–Crippen MR) is 85.9 cm³/mol. The summed E-state index contributed by atoms with van der Waals surface area (Å²) in [6, 6.07) is 3.70. The van der Waals surface area contributed by atoms with Crippen LogP contribution in [0.1, 0.15) is 18.4 Å². The first kappa shape index (κ1) is 15.4. The summed E-state index contributed by atoms with van der Waals surface area (Å²) in [5.74, 6) is 0.668. The van der Waals surface area contributed by atoms with Gasteiger partial charge in [-0.05, 0) is 43.6 Å². The van der Waals surface area contributed by atoms with Crippen molar-refractivity contribution in [2.45, 2.75) is 25.9 Å². The number of anilines is 1. The highest BCUT2D eigenvalue weighted by Crippen LogP contribution is 2.30. The van der Waals surface area contributed by atoms with E-state index in [1.54, 1.807) is 13.2 Å². The SMILES string of the molecule is COc1cc(Cl)c(C)cc1NC(=S)NC[C@H]1CCCO1. The monoisotopic (exact) mass is 314 g/mol. The van der Waals surface area contributed by atoms with Crippen molar-refractivity contribution in [2.75, 3.05) is 25.6 Å². The molecule has 1 fully saturated rings. The average molecular weight is 315 g/mol. The van der Waals surface area contributed by atoms with Crippen LogP contribution in [0, 0.1) is 6.92 Å². The van der Waals surface area contributed by atoms with Crippen molar-refractivity contribution >= 4 is 34.6 Å². The van der Waals surface area contributed by atoms with E-state index in [0.29, 0.717) is 15.9 Å². The molecule has 20 heavy (non-hydrogen) atoms. The molecule has 1 aliphatic heterocycles. The third-order valence-corrected chi connectivity index (χ3v) is 3.90. The lowest BCUT2D eigenvalue weighted by Crippen LogP contribution is -2.34. The van der Waals surface area contributed by atoms with Gasteiger partial charge in [-0.3, -0.25) is 0 Å². The minimum atomic E-state index is 0.253. The van der Waals surface area contributed by atoms with E-state index in [9.17, 15) is 0 Å². The van der Waals surface area contributed by atoms with Gasteiger partial charge >= 0.3 is 0 Å². The number of hydrogen-bond acceptors (Lipinski definition) is 3. The highest BCUT2D eigenvalue weighted by Gasteiger charge is 2.15. The third-order valence-electron chi connectivity index (χ3n) is 3.24. The van der Waals surface area contributed by atoms with E-state index in [1.165, 1.54) is 0 Å². The van der Waals surface area contributed by atoms with Crippen LogP contribution in [0.15, 0.2) is 12.1 Å². The summed E-state index contributed by atoms with van der Waals surface area (Å²) in [6.45, 7) is 3.51. The van der Waals surface area contributed by atoms with Crippen molar-refractivity contribution in [3.05, 3.63) is 22.7 Å². The van der Waals surface area contributed by atoms with Crippen LogP contribution in [-0.4, -0.2) is 31.5 Å². The Morgan fingerprint density at radius 1 is 1.55 bits per heavy atom. The van der Waals surface area contributed by atoms with Gasteiger partial charge in [-0.1, -0.05) is 11.6 Å². The summed E-state index contributed by atoms with van der Waals surface area (Å²) in [6.07, 6.45) is 2.46. The second-order valence-electron chi connectivity index (χ2n) is 4.77. The lowest BCUT2D eigenvalue weighted by atomic mass is 10.2. The molecule has 1 saturated heterocycles. The quantitative estimate of drug-likeness (QED) is 0.836. The minimum Gasteiger partial charge on any atom is -0.495 e. The Morgan fingerprint density at radius 3 is 3.00 bits per heavy atom. The largest absolute Gasteiger partial charge is 0.495 e. The summed E-state index contributed by atoms with van der Waals surface area (Å²) >= 11 is 11.4. The Morgan fingerprint density at radius 2 is 2.35 bits per heavy atom. The second-order valence-corrected chi connectivity index (χ2v) is 5.59. The van der Waals surface area contributed by atoms with Gasteiger partial charge in [-0.2, -0.15) is 0 Å². The zero-order valence-corrected chi connectivity index (χ0v) is 13.2. The molecule has 4 nitrogen and oxygen atoms in total. The van der Waals surface area contributed by atoms with E-state index in [4.69, 9.17) is 33.3 Å². The smallest absolute Gasteiger partial charge is 0.170 e. The van der Waals surface area contributed by atoms with E-state index in [-0.39, 0.29) is 6.10 Å². The lowest BCUT2D eigenvalue weighted by molar-refractivity contribution is 0.114. The van der Waals surface area contributed by atoms with Crippen molar-refractivity contribution < 1.29 is 9.47 Å². The van der Waals surface area contributed by atoms with Gasteiger partial charge in [0.05, 0.1) is 18.9 Å². The second kappa shape index (κ2) is 7.11. The molecular weight excluding hydrogens is 296 g/mol. The van der Waals surface area contributed by atoms with Gasteiger partial charge in [0.15, 0.2) is 5.11 Å². The highest BCUT2D eigenvalue weighted by atomic mass is 35.5. The van der Waals surface area contributed by atoms with Crippen LogP contribution >= 0.6 is 23.8 Å². The lowest BCUT2D eigenvalue weighted by Gasteiger charge is -2.16. The van der Waals surface area contributed by atoms with Crippen molar-refractivity contribution in [3.8, 4) is 5.75 Å². The molecule has 110 valence electrons. The summed E-state index contributed by atoms with van der Waals surface area (Å²) in [4.78, 5) is 0. The Labute approximate surface area is 129 Å². The fourth-order valence-corrected chi connectivity index (χ4v) is 2.46. The van der Waals surface area contributed by atoms with Gasteiger partial charge in [0, 0.05) is 24.2 Å². The molecule has 0 amide bonds. The first-order valence-corrected chi connectivity index (χ1v) is 7.39. The average Bonchev–Trinajstić information content (AvgIpc) is 2.93. The predicted octanol–water partition coefficient (Wildman–Crippen LogP) is 3.12. The van der Waals surface area contributed by atoms with Crippen LogP contribution in [0.25, 0.3) is 0 Å². The summed E-state index contributed by atoms with van der Waals surface area (Å²) < 4.78 is 10.8. The number of thiocarbonyl (C=S) groups is 1. The number of aryl methyl sites for hydroxylation is 1. The maximum atomic E-state index is 6.08. The van der Waals surface area contributed by atoms with E-state index in [0.717, 1.165) is 37.2 Å². The first-order valence-electron chi connectivity index (χ1n) is 6.60. The number of ether oxygens (including phenoxy) is 2. The van der Waals surface area contributed by atoms with Gasteiger partial charge in [0.25, 0.3) is 0 Å². The molecule has 0 bridgehead atoms. The molecule has 1 aliphatic rings. The Hall–Kier alpha value is -1.04. The maximum absolute atomic E-state index is 6.08. The van der Waals surface area contributed by atoms with E-state index in [2.05, 4.69) is 10.6 Å². The Balaban J connectivity index is 1.94. The Kier molecular flexibility index (Phi) is 5.46. The van der Waals surface area contributed by atoms with Crippen LogP contribution in [0.2, 0.25) is 5.02 Å². The van der Waals surface area contributed by atoms with Gasteiger partial charge in [-0.25, -0.2) is 0 Å². The number of hydrogen-bond donors (Lipinski definition) is 2. The van der Waals surface area contributed by atoms with Gasteiger partial charge in [0.2, 0.25) is 0 Å². The molecule has 0 unspecified atom stereocenters. The number of methoxy groups -OCH3 is 1. The highest BCUT2D eigenvalue weighted by molar-refractivity contribution is 7.80. The molecule has 2 N–H and O–H groups in total. The molecule has 0 saturated carbocycles. The maximum Gasteiger partial charge on any atom is 0.170 e. The van der Waals surface area contributed by atoms with Gasteiger partial charge < -0.3 is 20.1 Å². The summed E-state index contributed by atoms with van der Waals surface area (Å²) in [5.41, 5.74) is 1.77. The number of halogens is 1. The number of benzene rings is 1. The Bertz CT molecular complexity index is 490. The molecule has 0 aliphatic carbocycles. The molecule has 0 aromatic heterocycles. The van der Waals surface area contributed by atoms with E-state index < -0.39 is 0 Å². The topological polar surface area (TPSA) is 42.5 Å².